The van der Waals surface area contributed by atoms with E-state index in [2.05, 4.69) is 36.4 Å². The van der Waals surface area contributed by atoms with E-state index in [0.29, 0.717) is 12.6 Å². The Bertz CT molecular complexity index is 706. The first-order chi connectivity index (χ1) is 12.8. The minimum atomic E-state index is -3.63. The second kappa shape index (κ2) is 10.1. The zero-order chi connectivity index (χ0) is 19.9. The van der Waals surface area contributed by atoms with Gasteiger partial charge in [0, 0.05) is 19.1 Å². The Morgan fingerprint density at radius 2 is 1.81 bits per heavy atom. The molecule has 0 amide bonds. The van der Waals surface area contributed by atoms with E-state index in [4.69, 9.17) is 5.14 Å². The van der Waals surface area contributed by atoms with Gasteiger partial charge in [-0.1, -0.05) is 26.0 Å². The van der Waals surface area contributed by atoms with Crippen molar-refractivity contribution in [2.45, 2.75) is 63.8 Å². The van der Waals surface area contributed by atoms with Gasteiger partial charge in [-0.15, -0.1) is 0 Å². The van der Waals surface area contributed by atoms with Crippen LogP contribution in [0.5, 0.6) is 0 Å². The van der Waals surface area contributed by atoms with Crippen molar-refractivity contribution in [1.29, 1.82) is 0 Å². The molecule has 27 heavy (non-hydrogen) atoms. The smallest absolute Gasteiger partial charge is 0.238 e. The number of hydrogen-bond acceptors (Lipinski definition) is 3. The Labute approximate surface area is 164 Å². The molecule has 0 aromatic heterocycles. The molecule has 0 radical (unpaired) electrons. The zero-order valence-corrected chi connectivity index (χ0v) is 17.6. The van der Waals surface area contributed by atoms with Gasteiger partial charge in [-0.05, 0) is 68.6 Å². The summed E-state index contributed by atoms with van der Waals surface area (Å²) in [7, 11) is -3.63. The lowest BCUT2D eigenvalue weighted by Crippen LogP contribution is -2.45. The number of primary sulfonamides is 1. The fraction of sp³-hybridized carbons (Fsp3) is 0.650. The lowest BCUT2D eigenvalue weighted by atomic mass is 9.80. The average molecular weight is 395 g/mol. The van der Waals surface area contributed by atoms with Gasteiger partial charge in [0.05, 0.1) is 4.90 Å². The van der Waals surface area contributed by atoms with Gasteiger partial charge in [-0.2, -0.15) is 0 Å². The molecule has 1 saturated carbocycles. The van der Waals surface area contributed by atoms with Crippen LogP contribution in [-0.2, 0) is 16.4 Å². The molecule has 7 heteroatoms. The predicted octanol–water partition coefficient (Wildman–Crippen LogP) is 2.65. The summed E-state index contributed by atoms with van der Waals surface area (Å²) in [6.45, 7) is 8.18. The fourth-order valence-corrected chi connectivity index (χ4v) is 4.10. The number of nitrogens with zero attached hydrogens (tertiary/aromatic N) is 1. The third kappa shape index (κ3) is 7.14. The highest BCUT2D eigenvalue weighted by Crippen LogP contribution is 2.29. The molecule has 0 saturated heterocycles. The molecule has 0 unspecified atom stereocenters. The molecule has 0 aliphatic heterocycles. The van der Waals surface area contributed by atoms with E-state index in [1.807, 2.05) is 0 Å². The van der Waals surface area contributed by atoms with Crippen molar-refractivity contribution in [2.24, 2.45) is 22.0 Å². The zero-order valence-electron chi connectivity index (χ0n) is 16.7. The molecule has 6 nitrogen and oxygen atoms in total. The number of rotatable bonds is 7. The molecule has 1 aliphatic carbocycles. The van der Waals surface area contributed by atoms with Crippen LogP contribution in [0, 0.1) is 11.8 Å². The molecule has 4 N–H and O–H groups in total. The molecule has 152 valence electrons. The van der Waals surface area contributed by atoms with Crippen LogP contribution in [0.15, 0.2) is 34.2 Å². The van der Waals surface area contributed by atoms with E-state index in [0.717, 1.165) is 36.3 Å². The SMILES string of the molecule is CCNC(=NCCc1ccc(S(N)(=O)=O)cc1)NC1CCC(C(C)C)CC1. The summed E-state index contributed by atoms with van der Waals surface area (Å²) in [5.74, 6) is 2.49. The van der Waals surface area contributed by atoms with Gasteiger partial charge in [-0.25, -0.2) is 13.6 Å². The molecule has 0 spiro atoms. The first-order valence-electron chi connectivity index (χ1n) is 9.96. The number of nitrogens with two attached hydrogens (primary N) is 1. The monoisotopic (exact) mass is 394 g/mol. The standard InChI is InChI=1S/C20H34N4O2S/c1-4-22-20(24-18-9-7-17(8-10-18)15(2)3)23-14-13-16-5-11-19(12-6-16)27(21,25)26/h5-6,11-12,15,17-18H,4,7-10,13-14H2,1-3H3,(H2,21,25,26)(H2,22,23,24). The van der Waals surface area contributed by atoms with Crippen molar-refractivity contribution in [3.63, 3.8) is 0 Å². The van der Waals surface area contributed by atoms with Crippen molar-refractivity contribution in [1.82, 2.24) is 10.6 Å². The van der Waals surface area contributed by atoms with Crippen LogP contribution in [0.4, 0.5) is 0 Å². The molecule has 0 atom stereocenters. The summed E-state index contributed by atoms with van der Waals surface area (Å²) in [6, 6.07) is 7.17. The number of benzene rings is 1. The molecule has 1 aliphatic rings. The van der Waals surface area contributed by atoms with Crippen LogP contribution in [0.1, 0.15) is 52.0 Å². The summed E-state index contributed by atoms with van der Waals surface area (Å²) in [5, 5.41) is 12.0. The van der Waals surface area contributed by atoms with Crippen molar-refractivity contribution in [3.05, 3.63) is 29.8 Å². The highest BCUT2D eigenvalue weighted by atomic mass is 32.2. The predicted molar refractivity (Wildman–Crippen MR) is 111 cm³/mol. The Hall–Kier alpha value is -1.60. The largest absolute Gasteiger partial charge is 0.357 e. The van der Waals surface area contributed by atoms with Gasteiger partial charge >= 0.3 is 0 Å². The first kappa shape index (κ1) is 21.7. The van der Waals surface area contributed by atoms with Crippen LogP contribution in [0.25, 0.3) is 0 Å². The molecular formula is C20H34N4O2S. The number of guanidine groups is 1. The van der Waals surface area contributed by atoms with Crippen molar-refractivity contribution < 1.29 is 8.42 Å². The first-order valence-corrected chi connectivity index (χ1v) is 11.5. The third-order valence-electron chi connectivity index (χ3n) is 5.32. The second-order valence-electron chi connectivity index (χ2n) is 7.70. The highest BCUT2D eigenvalue weighted by molar-refractivity contribution is 7.89. The Morgan fingerprint density at radius 3 is 2.33 bits per heavy atom. The van der Waals surface area contributed by atoms with Crippen molar-refractivity contribution in [3.8, 4) is 0 Å². The molecule has 1 aromatic carbocycles. The van der Waals surface area contributed by atoms with Crippen LogP contribution in [-0.4, -0.2) is 33.5 Å². The van der Waals surface area contributed by atoms with Crippen LogP contribution in [0.2, 0.25) is 0 Å². The molecule has 2 rings (SSSR count). The topological polar surface area (TPSA) is 96.6 Å². The minimum absolute atomic E-state index is 0.141. The van der Waals surface area contributed by atoms with Gasteiger partial charge in [0.1, 0.15) is 0 Å². The van der Waals surface area contributed by atoms with Crippen LogP contribution in [0.3, 0.4) is 0 Å². The Morgan fingerprint density at radius 1 is 1.19 bits per heavy atom. The normalized spacial score (nSPS) is 21.3. The van der Waals surface area contributed by atoms with Crippen LogP contribution < -0.4 is 15.8 Å². The number of sulfonamides is 1. The average Bonchev–Trinajstić information content (AvgIpc) is 2.62. The number of aliphatic imine (C=N–C) groups is 1. The summed E-state index contributed by atoms with van der Waals surface area (Å²) >= 11 is 0. The summed E-state index contributed by atoms with van der Waals surface area (Å²) in [4.78, 5) is 4.82. The third-order valence-corrected chi connectivity index (χ3v) is 6.25. The van der Waals surface area contributed by atoms with Crippen molar-refractivity contribution in [2.75, 3.05) is 13.1 Å². The van der Waals surface area contributed by atoms with E-state index >= 15 is 0 Å². The maximum absolute atomic E-state index is 11.3. The lowest BCUT2D eigenvalue weighted by molar-refractivity contribution is 0.250. The van der Waals surface area contributed by atoms with E-state index in [1.54, 1.807) is 24.3 Å². The summed E-state index contributed by atoms with van der Waals surface area (Å²) < 4.78 is 22.6. The molecule has 1 fully saturated rings. The number of hydrogen-bond donors (Lipinski definition) is 3. The van der Waals surface area contributed by atoms with Gasteiger partial charge in [0.2, 0.25) is 10.0 Å². The molecule has 0 heterocycles. The van der Waals surface area contributed by atoms with Crippen LogP contribution >= 0.6 is 0 Å². The van der Waals surface area contributed by atoms with E-state index in [9.17, 15) is 8.42 Å². The minimum Gasteiger partial charge on any atom is -0.357 e. The quantitative estimate of drug-likeness (QED) is 0.489. The summed E-state index contributed by atoms with van der Waals surface area (Å²) in [5.41, 5.74) is 1.04. The maximum Gasteiger partial charge on any atom is 0.238 e. The van der Waals surface area contributed by atoms with Gasteiger partial charge < -0.3 is 10.6 Å². The Kier molecular flexibility index (Phi) is 8.10. The van der Waals surface area contributed by atoms with E-state index < -0.39 is 10.0 Å². The molecule has 1 aromatic rings. The van der Waals surface area contributed by atoms with E-state index in [-0.39, 0.29) is 4.90 Å². The fourth-order valence-electron chi connectivity index (χ4n) is 3.59. The molecule has 0 bridgehead atoms. The van der Waals surface area contributed by atoms with Gasteiger partial charge in [0.25, 0.3) is 0 Å². The van der Waals surface area contributed by atoms with E-state index in [1.165, 1.54) is 25.7 Å². The highest BCUT2D eigenvalue weighted by Gasteiger charge is 2.23. The maximum atomic E-state index is 11.3. The van der Waals surface area contributed by atoms with Crippen molar-refractivity contribution >= 4 is 16.0 Å². The van der Waals surface area contributed by atoms with Gasteiger partial charge in [0.15, 0.2) is 5.96 Å². The second-order valence-corrected chi connectivity index (χ2v) is 9.26. The van der Waals surface area contributed by atoms with Gasteiger partial charge in [-0.3, -0.25) is 4.99 Å². The molecular weight excluding hydrogens is 360 g/mol. The lowest BCUT2D eigenvalue weighted by Gasteiger charge is -2.32. The Balaban J connectivity index is 1.86. The summed E-state index contributed by atoms with van der Waals surface area (Å²) in [6.07, 6.45) is 5.71. The number of nitrogens with one attached hydrogen (secondary N) is 2.